The lowest BCUT2D eigenvalue weighted by molar-refractivity contribution is 0.0698. The average molecular weight is 299 g/mol. The van der Waals surface area contributed by atoms with Crippen molar-refractivity contribution in [1.29, 1.82) is 0 Å². The highest BCUT2D eigenvalue weighted by molar-refractivity contribution is 7.17. The van der Waals surface area contributed by atoms with Crippen LogP contribution in [0.4, 0.5) is 11.4 Å². The van der Waals surface area contributed by atoms with Crippen LogP contribution in [0.15, 0.2) is 41.9 Å². The van der Waals surface area contributed by atoms with Gasteiger partial charge in [0.05, 0.1) is 15.9 Å². The number of nitrogens with two attached hydrogens (primary N) is 1. The van der Waals surface area contributed by atoms with E-state index in [-0.39, 0.29) is 5.56 Å². The third kappa shape index (κ3) is 2.46. The van der Waals surface area contributed by atoms with Crippen LogP contribution in [0.1, 0.15) is 15.9 Å². The highest BCUT2D eigenvalue weighted by atomic mass is 32.1. The fourth-order valence-electron chi connectivity index (χ4n) is 2.15. The van der Waals surface area contributed by atoms with Crippen LogP contribution in [-0.4, -0.2) is 16.1 Å². The molecular formula is C15H13N3O2S. The molecular weight excluding hydrogens is 286 g/mol. The molecule has 0 aliphatic carbocycles. The van der Waals surface area contributed by atoms with Gasteiger partial charge in [0.25, 0.3) is 0 Å². The van der Waals surface area contributed by atoms with Crippen molar-refractivity contribution in [2.24, 2.45) is 5.73 Å². The highest BCUT2D eigenvalue weighted by Gasteiger charge is 2.16. The molecule has 3 rings (SSSR count). The molecule has 2 heterocycles. The van der Waals surface area contributed by atoms with Crippen molar-refractivity contribution in [3.05, 3.63) is 53.0 Å². The number of benzene rings is 1. The first-order valence-electron chi connectivity index (χ1n) is 6.35. The van der Waals surface area contributed by atoms with E-state index in [1.165, 1.54) is 17.5 Å². The van der Waals surface area contributed by atoms with Crippen molar-refractivity contribution in [3.8, 4) is 0 Å². The van der Waals surface area contributed by atoms with Crippen LogP contribution in [0.3, 0.4) is 0 Å². The highest BCUT2D eigenvalue weighted by Crippen LogP contribution is 2.33. The third-order valence-corrected chi connectivity index (χ3v) is 4.12. The standard InChI is InChI=1S/C15H13N3O2S/c16-7-9-3-1-2-4-11(9)18-13-10(15(19)20)8-17-12-5-6-21-14(12)13/h1-6,8H,7,16H2,(H,17,18)(H,19,20). The van der Waals surface area contributed by atoms with E-state index >= 15 is 0 Å². The van der Waals surface area contributed by atoms with Crippen molar-refractivity contribution < 1.29 is 9.90 Å². The first-order chi connectivity index (χ1) is 10.2. The summed E-state index contributed by atoms with van der Waals surface area (Å²) in [5.74, 6) is -1.01. The molecule has 6 heteroatoms. The Morgan fingerprint density at radius 3 is 2.90 bits per heavy atom. The zero-order chi connectivity index (χ0) is 14.8. The number of hydrogen-bond acceptors (Lipinski definition) is 5. The second-order valence-corrected chi connectivity index (χ2v) is 5.39. The molecule has 0 bridgehead atoms. The number of nitrogens with zero attached hydrogens (tertiary/aromatic N) is 1. The van der Waals surface area contributed by atoms with Gasteiger partial charge >= 0.3 is 5.97 Å². The third-order valence-electron chi connectivity index (χ3n) is 3.20. The number of hydrogen-bond donors (Lipinski definition) is 3. The summed E-state index contributed by atoms with van der Waals surface area (Å²) in [4.78, 5) is 15.6. The number of carboxylic acids is 1. The van der Waals surface area contributed by atoms with Crippen LogP contribution in [0.2, 0.25) is 0 Å². The number of pyridine rings is 1. The second-order valence-electron chi connectivity index (χ2n) is 4.47. The van der Waals surface area contributed by atoms with Crippen molar-refractivity contribution in [3.63, 3.8) is 0 Å². The normalized spacial score (nSPS) is 10.7. The zero-order valence-corrected chi connectivity index (χ0v) is 11.9. The fraction of sp³-hybridized carbons (Fsp3) is 0.0667. The minimum atomic E-state index is -1.01. The molecule has 3 aromatic rings. The summed E-state index contributed by atoms with van der Waals surface area (Å²) in [6.45, 7) is 0.379. The number of para-hydroxylation sites is 1. The Hall–Kier alpha value is -2.44. The smallest absolute Gasteiger partial charge is 0.339 e. The summed E-state index contributed by atoms with van der Waals surface area (Å²) >= 11 is 1.46. The SMILES string of the molecule is NCc1ccccc1Nc1c(C(=O)O)cnc2ccsc12. The maximum absolute atomic E-state index is 11.4. The molecule has 0 amide bonds. The van der Waals surface area contributed by atoms with E-state index in [2.05, 4.69) is 10.3 Å². The topological polar surface area (TPSA) is 88.2 Å². The molecule has 0 atom stereocenters. The first-order valence-corrected chi connectivity index (χ1v) is 7.23. The molecule has 21 heavy (non-hydrogen) atoms. The van der Waals surface area contributed by atoms with Crippen molar-refractivity contribution in [1.82, 2.24) is 4.98 Å². The minimum absolute atomic E-state index is 0.150. The number of nitrogens with one attached hydrogen (secondary N) is 1. The molecule has 1 aromatic carbocycles. The van der Waals surface area contributed by atoms with E-state index in [0.29, 0.717) is 12.2 Å². The summed E-state index contributed by atoms with van der Waals surface area (Å²) in [6, 6.07) is 9.45. The monoisotopic (exact) mass is 299 g/mol. The number of aromatic nitrogens is 1. The Kier molecular flexibility index (Phi) is 3.55. The maximum atomic E-state index is 11.4. The van der Waals surface area contributed by atoms with Gasteiger partial charge < -0.3 is 16.2 Å². The van der Waals surface area contributed by atoms with Crippen LogP contribution in [-0.2, 0) is 6.54 Å². The first kappa shape index (κ1) is 13.5. The van der Waals surface area contributed by atoms with E-state index in [4.69, 9.17) is 5.73 Å². The van der Waals surface area contributed by atoms with E-state index in [9.17, 15) is 9.90 Å². The van der Waals surface area contributed by atoms with Gasteiger partial charge in [-0.3, -0.25) is 4.98 Å². The van der Waals surface area contributed by atoms with Crippen LogP contribution in [0.25, 0.3) is 10.2 Å². The fourth-order valence-corrected chi connectivity index (χ4v) is 3.01. The Balaban J connectivity index is 2.16. The molecule has 0 unspecified atom stereocenters. The van der Waals surface area contributed by atoms with Crippen LogP contribution in [0.5, 0.6) is 0 Å². The predicted octanol–water partition coefficient (Wildman–Crippen LogP) is 3.20. The van der Waals surface area contributed by atoms with Gasteiger partial charge in [-0.15, -0.1) is 11.3 Å². The molecule has 0 aliphatic heterocycles. The van der Waals surface area contributed by atoms with Crippen molar-refractivity contribution in [2.45, 2.75) is 6.54 Å². The lowest BCUT2D eigenvalue weighted by Crippen LogP contribution is -2.06. The molecule has 0 saturated heterocycles. The molecule has 0 fully saturated rings. The van der Waals surface area contributed by atoms with Crippen LogP contribution < -0.4 is 11.1 Å². The molecule has 0 spiro atoms. The van der Waals surface area contributed by atoms with Crippen LogP contribution >= 0.6 is 11.3 Å². The second kappa shape index (κ2) is 5.51. The molecule has 0 aliphatic rings. The molecule has 106 valence electrons. The Morgan fingerprint density at radius 1 is 1.33 bits per heavy atom. The summed E-state index contributed by atoms with van der Waals surface area (Å²) in [7, 11) is 0. The summed E-state index contributed by atoms with van der Waals surface area (Å²) < 4.78 is 0.821. The number of rotatable bonds is 4. The summed E-state index contributed by atoms with van der Waals surface area (Å²) in [5.41, 5.74) is 8.95. The number of carbonyl (C=O) groups is 1. The van der Waals surface area contributed by atoms with E-state index in [1.54, 1.807) is 0 Å². The molecule has 2 aromatic heterocycles. The average Bonchev–Trinajstić information content (AvgIpc) is 2.96. The van der Waals surface area contributed by atoms with Crippen molar-refractivity contribution in [2.75, 3.05) is 5.32 Å². The van der Waals surface area contributed by atoms with Gasteiger partial charge in [0.15, 0.2) is 0 Å². The molecule has 0 saturated carbocycles. The summed E-state index contributed by atoms with van der Waals surface area (Å²) in [6.07, 6.45) is 1.38. The van der Waals surface area contributed by atoms with Gasteiger partial charge in [-0.1, -0.05) is 18.2 Å². The Morgan fingerprint density at radius 2 is 2.14 bits per heavy atom. The summed E-state index contributed by atoms with van der Waals surface area (Å²) in [5, 5.41) is 14.5. The van der Waals surface area contributed by atoms with Crippen molar-refractivity contribution >= 4 is 38.9 Å². The van der Waals surface area contributed by atoms with Gasteiger partial charge in [0.1, 0.15) is 5.56 Å². The number of thiophene rings is 1. The van der Waals surface area contributed by atoms with E-state index < -0.39 is 5.97 Å². The quantitative estimate of drug-likeness (QED) is 0.688. The molecule has 4 N–H and O–H groups in total. The van der Waals surface area contributed by atoms with Gasteiger partial charge in [0, 0.05) is 18.4 Å². The largest absolute Gasteiger partial charge is 0.478 e. The predicted molar refractivity (Wildman–Crippen MR) is 84.2 cm³/mol. The maximum Gasteiger partial charge on any atom is 0.339 e. The van der Waals surface area contributed by atoms with Gasteiger partial charge in [-0.25, -0.2) is 4.79 Å². The van der Waals surface area contributed by atoms with E-state index in [0.717, 1.165) is 21.5 Å². The molecule has 5 nitrogen and oxygen atoms in total. The lowest BCUT2D eigenvalue weighted by atomic mass is 10.1. The number of aromatic carboxylic acids is 1. The van der Waals surface area contributed by atoms with Gasteiger partial charge in [-0.2, -0.15) is 0 Å². The lowest BCUT2D eigenvalue weighted by Gasteiger charge is -2.13. The van der Waals surface area contributed by atoms with Gasteiger partial charge in [0.2, 0.25) is 0 Å². The number of fused-ring (bicyclic) bond motifs is 1. The Labute approximate surface area is 125 Å². The number of carboxylic acid groups (broad SMARTS) is 1. The zero-order valence-electron chi connectivity index (χ0n) is 11.0. The van der Waals surface area contributed by atoms with E-state index in [1.807, 2.05) is 35.7 Å². The Bertz CT molecular complexity index is 814. The van der Waals surface area contributed by atoms with Gasteiger partial charge in [-0.05, 0) is 23.1 Å². The number of anilines is 2. The minimum Gasteiger partial charge on any atom is -0.478 e. The van der Waals surface area contributed by atoms with Crippen LogP contribution in [0, 0.1) is 0 Å². The molecule has 0 radical (unpaired) electrons.